The van der Waals surface area contributed by atoms with Gasteiger partial charge in [-0.3, -0.25) is 4.79 Å². The van der Waals surface area contributed by atoms with Crippen LogP contribution < -0.4 is 4.90 Å². The molecule has 0 fully saturated rings. The summed E-state index contributed by atoms with van der Waals surface area (Å²) < 4.78 is 24.3. The molecule has 0 saturated heterocycles. The molecule has 0 atom stereocenters. The minimum Gasteiger partial charge on any atom is -0.316 e. The molecule has 4 heteroatoms. The molecule has 0 aliphatic rings. The molecule has 1 rings (SSSR count). The third-order valence-electron chi connectivity index (χ3n) is 1.68. The summed E-state index contributed by atoms with van der Waals surface area (Å²) in [6, 6.07) is 6.03. The van der Waals surface area contributed by atoms with Crippen LogP contribution >= 0.6 is 0 Å². The Hall–Kier alpha value is -1.45. The van der Waals surface area contributed by atoms with Gasteiger partial charge in [-0.15, -0.1) is 0 Å². The van der Waals surface area contributed by atoms with Crippen LogP contribution in [0, 0.1) is 0 Å². The number of aldehydes is 1. The zero-order valence-electron chi connectivity index (χ0n) is 6.91. The van der Waals surface area contributed by atoms with Crippen LogP contribution in [0.2, 0.25) is 0 Å². The molecule has 1 aromatic carbocycles. The summed E-state index contributed by atoms with van der Waals surface area (Å²) >= 11 is 0. The molecule has 13 heavy (non-hydrogen) atoms. The van der Waals surface area contributed by atoms with Crippen molar-refractivity contribution < 1.29 is 13.6 Å². The number of carbonyl (C=O) groups is 1. The number of hydrogen-bond acceptors (Lipinski definition) is 2. The first kappa shape index (κ1) is 9.64. The molecule has 1 aromatic rings. The molecule has 2 nitrogen and oxygen atoms in total. The van der Waals surface area contributed by atoms with Crippen LogP contribution in [0.25, 0.3) is 0 Å². The second-order valence-electron chi connectivity index (χ2n) is 2.49. The normalized spacial score (nSPS) is 9.69. The van der Waals surface area contributed by atoms with Crippen LogP contribution in [0.1, 0.15) is 10.4 Å². The number of nitrogens with zero attached hydrogens (tertiary/aromatic N) is 1. The highest BCUT2D eigenvalue weighted by Gasteiger charge is 2.03. The van der Waals surface area contributed by atoms with Crippen molar-refractivity contribution in [3.05, 3.63) is 29.8 Å². The third kappa shape index (κ3) is 2.24. The molecule has 0 spiro atoms. The molecular formula is C9H9F2NO. The molecule has 70 valence electrons. The second kappa shape index (κ2) is 4.54. The minimum absolute atomic E-state index is 0.426. The summed E-state index contributed by atoms with van der Waals surface area (Å²) in [7, 11) is 0. The molecule has 0 radical (unpaired) electrons. The molecule has 0 saturated carbocycles. The average molecular weight is 185 g/mol. The highest BCUT2D eigenvalue weighted by molar-refractivity contribution is 5.75. The maximum atomic E-state index is 12.1. The Morgan fingerprint density at radius 1 is 1.15 bits per heavy atom. The Morgan fingerprint density at radius 2 is 1.69 bits per heavy atom. The first-order chi connectivity index (χ1) is 6.31. The highest BCUT2D eigenvalue weighted by Crippen LogP contribution is 2.14. The van der Waals surface area contributed by atoms with Crippen LogP contribution in [0.15, 0.2) is 24.3 Å². The van der Waals surface area contributed by atoms with Gasteiger partial charge in [-0.25, -0.2) is 8.78 Å². The largest absolute Gasteiger partial charge is 0.316 e. The van der Waals surface area contributed by atoms with Gasteiger partial charge >= 0.3 is 0 Å². The van der Waals surface area contributed by atoms with Gasteiger partial charge in [0.15, 0.2) is 13.6 Å². The molecule has 0 aliphatic carbocycles. The fourth-order valence-corrected chi connectivity index (χ4v) is 0.934. The van der Waals surface area contributed by atoms with E-state index in [2.05, 4.69) is 0 Å². The molecule has 0 bridgehead atoms. The van der Waals surface area contributed by atoms with E-state index in [9.17, 15) is 13.6 Å². The van der Waals surface area contributed by atoms with E-state index in [0.717, 1.165) is 4.90 Å². The Balaban J connectivity index is 2.83. The van der Waals surface area contributed by atoms with Gasteiger partial charge < -0.3 is 4.90 Å². The van der Waals surface area contributed by atoms with Gasteiger partial charge in [0.05, 0.1) is 0 Å². The second-order valence-corrected chi connectivity index (χ2v) is 2.49. The fourth-order valence-electron chi connectivity index (χ4n) is 0.934. The quantitative estimate of drug-likeness (QED) is 0.529. The van der Waals surface area contributed by atoms with Crippen LogP contribution in [-0.2, 0) is 0 Å². The standard InChI is InChI=1S/C9H9F2NO/c10-6-12(7-11)9-3-1-8(5-13)2-4-9/h1-5H,6-7H2. The highest BCUT2D eigenvalue weighted by atomic mass is 19.1. The van der Waals surface area contributed by atoms with Gasteiger partial charge in [0.2, 0.25) is 0 Å². The predicted octanol–water partition coefficient (Wildman–Crippen LogP) is 2.16. The zero-order valence-corrected chi connectivity index (χ0v) is 6.91. The Labute approximate surface area is 74.8 Å². The minimum atomic E-state index is -0.878. The lowest BCUT2D eigenvalue weighted by atomic mass is 10.2. The van der Waals surface area contributed by atoms with Crippen LogP contribution in [0.5, 0.6) is 0 Å². The van der Waals surface area contributed by atoms with Gasteiger partial charge in [-0.1, -0.05) is 0 Å². The number of alkyl halides is 2. The Kier molecular flexibility index (Phi) is 3.37. The van der Waals surface area contributed by atoms with Crippen molar-refractivity contribution >= 4 is 12.0 Å². The van der Waals surface area contributed by atoms with Crippen molar-refractivity contribution in [1.29, 1.82) is 0 Å². The smallest absolute Gasteiger partial charge is 0.163 e. The topological polar surface area (TPSA) is 20.3 Å². The maximum absolute atomic E-state index is 12.1. The van der Waals surface area contributed by atoms with E-state index in [1.165, 1.54) is 24.3 Å². The molecule has 0 heterocycles. The van der Waals surface area contributed by atoms with E-state index in [0.29, 0.717) is 17.5 Å². The van der Waals surface area contributed by atoms with E-state index in [1.807, 2.05) is 0 Å². The summed E-state index contributed by atoms with van der Waals surface area (Å²) in [4.78, 5) is 11.2. The van der Waals surface area contributed by atoms with Crippen molar-refractivity contribution in [2.75, 3.05) is 18.5 Å². The summed E-state index contributed by atoms with van der Waals surface area (Å²) in [6.45, 7) is -1.76. The molecule has 0 N–H and O–H groups in total. The summed E-state index contributed by atoms with van der Waals surface area (Å²) in [5.74, 6) is 0. The van der Waals surface area contributed by atoms with Crippen LogP contribution in [0.3, 0.4) is 0 Å². The Morgan fingerprint density at radius 3 is 2.08 bits per heavy atom. The van der Waals surface area contributed by atoms with Gasteiger partial charge in [0.25, 0.3) is 0 Å². The number of hydrogen-bond donors (Lipinski definition) is 0. The zero-order chi connectivity index (χ0) is 9.68. The average Bonchev–Trinajstić information content (AvgIpc) is 2.21. The van der Waals surface area contributed by atoms with Crippen molar-refractivity contribution in [3.63, 3.8) is 0 Å². The maximum Gasteiger partial charge on any atom is 0.163 e. The third-order valence-corrected chi connectivity index (χ3v) is 1.68. The lowest BCUT2D eigenvalue weighted by molar-refractivity contribution is 0.112. The van der Waals surface area contributed by atoms with Gasteiger partial charge in [0, 0.05) is 11.3 Å². The number of rotatable bonds is 4. The van der Waals surface area contributed by atoms with E-state index in [4.69, 9.17) is 0 Å². The first-order valence-electron chi connectivity index (χ1n) is 3.74. The molecule has 0 aliphatic heterocycles. The van der Waals surface area contributed by atoms with E-state index < -0.39 is 13.6 Å². The van der Waals surface area contributed by atoms with E-state index in [1.54, 1.807) is 0 Å². The van der Waals surface area contributed by atoms with Crippen LogP contribution in [0.4, 0.5) is 14.5 Å². The molecule has 0 unspecified atom stereocenters. The SMILES string of the molecule is O=Cc1ccc(N(CF)CF)cc1. The summed E-state index contributed by atoms with van der Waals surface area (Å²) in [6.07, 6.45) is 0.680. The van der Waals surface area contributed by atoms with Crippen LogP contribution in [-0.4, -0.2) is 19.9 Å². The molecule has 0 aromatic heterocycles. The van der Waals surface area contributed by atoms with Gasteiger partial charge in [-0.2, -0.15) is 0 Å². The van der Waals surface area contributed by atoms with Crippen molar-refractivity contribution in [1.82, 2.24) is 0 Å². The molecular weight excluding hydrogens is 176 g/mol. The lowest BCUT2D eigenvalue weighted by Crippen LogP contribution is -2.19. The predicted molar refractivity (Wildman–Crippen MR) is 46.3 cm³/mol. The first-order valence-corrected chi connectivity index (χ1v) is 3.74. The van der Waals surface area contributed by atoms with Gasteiger partial charge in [0.1, 0.15) is 6.29 Å². The summed E-state index contributed by atoms with van der Waals surface area (Å²) in [5, 5.41) is 0. The van der Waals surface area contributed by atoms with E-state index >= 15 is 0 Å². The van der Waals surface area contributed by atoms with Crippen molar-refractivity contribution in [3.8, 4) is 0 Å². The van der Waals surface area contributed by atoms with Crippen molar-refractivity contribution in [2.24, 2.45) is 0 Å². The number of anilines is 1. The molecule has 0 amide bonds. The number of carbonyl (C=O) groups excluding carboxylic acids is 1. The van der Waals surface area contributed by atoms with Gasteiger partial charge in [-0.05, 0) is 24.3 Å². The van der Waals surface area contributed by atoms with E-state index in [-0.39, 0.29) is 0 Å². The lowest BCUT2D eigenvalue weighted by Gasteiger charge is -2.16. The Bertz CT molecular complexity index is 269. The number of halogens is 2. The van der Waals surface area contributed by atoms with Crippen molar-refractivity contribution in [2.45, 2.75) is 0 Å². The number of benzene rings is 1. The monoisotopic (exact) mass is 185 g/mol. The fraction of sp³-hybridized carbons (Fsp3) is 0.222. The summed E-state index contributed by atoms with van der Waals surface area (Å²) in [5.41, 5.74) is 0.914.